The van der Waals surface area contributed by atoms with Gasteiger partial charge in [-0.25, -0.2) is 0 Å². The molecule has 0 saturated carbocycles. The van der Waals surface area contributed by atoms with Crippen molar-refractivity contribution < 1.29 is 0 Å². The fraction of sp³-hybridized carbons (Fsp3) is 0.455. The predicted molar refractivity (Wildman–Crippen MR) is 118 cm³/mol. The molecule has 146 valence electrons. The number of halogens is 3. The van der Waals surface area contributed by atoms with Gasteiger partial charge in [0, 0.05) is 29.2 Å². The highest BCUT2D eigenvalue weighted by atomic mass is 35.5. The van der Waals surface area contributed by atoms with E-state index in [9.17, 15) is 0 Å². The lowest BCUT2D eigenvalue weighted by atomic mass is 9.89. The Kier molecular flexibility index (Phi) is 6.63. The topological polar surface area (TPSA) is 15.3 Å². The van der Waals surface area contributed by atoms with Gasteiger partial charge in [-0.15, -0.1) is 0 Å². The minimum Gasteiger partial charge on any atom is -0.363 e. The number of rotatable bonds is 4. The summed E-state index contributed by atoms with van der Waals surface area (Å²) in [4.78, 5) is 2.40. The molecule has 3 rings (SSSR count). The van der Waals surface area contributed by atoms with E-state index < -0.39 is 0 Å². The van der Waals surface area contributed by atoms with Gasteiger partial charge >= 0.3 is 0 Å². The van der Waals surface area contributed by atoms with Crippen molar-refractivity contribution in [2.24, 2.45) is 5.41 Å². The van der Waals surface area contributed by atoms with Gasteiger partial charge < -0.3 is 10.2 Å². The second-order valence-electron chi connectivity index (χ2n) is 8.52. The van der Waals surface area contributed by atoms with Gasteiger partial charge in [-0.3, -0.25) is 0 Å². The Morgan fingerprint density at radius 1 is 1.00 bits per heavy atom. The lowest BCUT2D eigenvalue weighted by Gasteiger charge is -2.42. The highest BCUT2D eigenvalue weighted by Gasteiger charge is 2.31. The smallest absolute Gasteiger partial charge is 0.0654 e. The van der Waals surface area contributed by atoms with Crippen molar-refractivity contribution in [1.29, 1.82) is 0 Å². The molecule has 1 aliphatic heterocycles. The zero-order valence-corrected chi connectivity index (χ0v) is 18.4. The lowest BCUT2D eigenvalue weighted by molar-refractivity contribution is 0.302. The Hall–Kier alpha value is -0.930. The van der Waals surface area contributed by atoms with E-state index in [2.05, 4.69) is 43.1 Å². The first-order valence-corrected chi connectivity index (χ1v) is 10.6. The summed E-state index contributed by atoms with van der Waals surface area (Å²) in [6.45, 7) is 8.74. The molecule has 1 fully saturated rings. The quantitative estimate of drug-likeness (QED) is 0.567. The zero-order chi connectivity index (χ0) is 19.6. The molecule has 0 radical (unpaired) electrons. The number of anilines is 1. The largest absolute Gasteiger partial charge is 0.363 e. The zero-order valence-electron chi connectivity index (χ0n) is 16.1. The van der Waals surface area contributed by atoms with E-state index in [0.29, 0.717) is 16.1 Å². The van der Waals surface area contributed by atoms with E-state index in [-0.39, 0.29) is 11.5 Å². The average Bonchev–Trinajstić information content (AvgIpc) is 2.60. The molecule has 2 unspecified atom stereocenters. The SMILES string of the molecule is CC(C)(C)CNC1CCN(c2ccc(Cl)cc2Cl)C(c2ccc(Cl)cc2)C1. The molecule has 2 aromatic rings. The summed E-state index contributed by atoms with van der Waals surface area (Å²) in [6.07, 6.45) is 2.11. The van der Waals surface area contributed by atoms with E-state index in [1.807, 2.05) is 30.3 Å². The summed E-state index contributed by atoms with van der Waals surface area (Å²) in [7, 11) is 0. The van der Waals surface area contributed by atoms with Crippen molar-refractivity contribution in [1.82, 2.24) is 5.32 Å². The van der Waals surface area contributed by atoms with E-state index in [1.54, 1.807) is 0 Å². The van der Waals surface area contributed by atoms with E-state index in [1.165, 1.54) is 5.56 Å². The summed E-state index contributed by atoms with van der Waals surface area (Å²) < 4.78 is 0. The second-order valence-corrected chi connectivity index (χ2v) is 9.80. The first-order valence-electron chi connectivity index (χ1n) is 9.43. The molecule has 2 nitrogen and oxygen atoms in total. The third-order valence-corrected chi connectivity index (χ3v) is 5.79. The van der Waals surface area contributed by atoms with Crippen molar-refractivity contribution in [2.75, 3.05) is 18.0 Å². The molecule has 0 bridgehead atoms. The van der Waals surface area contributed by atoms with Crippen LogP contribution in [0.2, 0.25) is 15.1 Å². The van der Waals surface area contributed by atoms with Gasteiger partial charge in [-0.2, -0.15) is 0 Å². The molecule has 2 aromatic carbocycles. The van der Waals surface area contributed by atoms with E-state index >= 15 is 0 Å². The Bertz CT molecular complexity index is 768. The maximum atomic E-state index is 6.54. The summed E-state index contributed by atoms with van der Waals surface area (Å²) >= 11 is 18.8. The van der Waals surface area contributed by atoms with Gasteiger partial charge in [0.2, 0.25) is 0 Å². The molecule has 1 N–H and O–H groups in total. The molecule has 1 heterocycles. The summed E-state index contributed by atoms with van der Waals surface area (Å²) in [5.41, 5.74) is 2.56. The van der Waals surface area contributed by atoms with Gasteiger partial charge in [-0.05, 0) is 54.2 Å². The monoisotopic (exact) mass is 424 g/mol. The van der Waals surface area contributed by atoms with E-state index in [0.717, 1.165) is 36.6 Å². The normalized spacial score (nSPS) is 20.7. The van der Waals surface area contributed by atoms with Crippen LogP contribution in [0, 0.1) is 5.41 Å². The van der Waals surface area contributed by atoms with Crippen LogP contribution in [0.25, 0.3) is 0 Å². The van der Waals surface area contributed by atoms with Crippen molar-refractivity contribution in [3.05, 3.63) is 63.1 Å². The molecule has 2 atom stereocenters. The molecule has 1 saturated heterocycles. The van der Waals surface area contributed by atoms with Crippen LogP contribution in [0.5, 0.6) is 0 Å². The molecule has 0 aromatic heterocycles. The van der Waals surface area contributed by atoms with Crippen LogP contribution < -0.4 is 10.2 Å². The van der Waals surface area contributed by atoms with Crippen LogP contribution in [0.15, 0.2) is 42.5 Å². The minimum absolute atomic E-state index is 0.243. The molecular weight excluding hydrogens is 399 g/mol. The van der Waals surface area contributed by atoms with E-state index in [4.69, 9.17) is 34.8 Å². The molecular formula is C22H27Cl3N2. The van der Waals surface area contributed by atoms with Crippen LogP contribution in [0.3, 0.4) is 0 Å². The number of hydrogen-bond donors (Lipinski definition) is 1. The number of benzene rings is 2. The van der Waals surface area contributed by atoms with Crippen LogP contribution in [0.4, 0.5) is 5.69 Å². The number of hydrogen-bond acceptors (Lipinski definition) is 2. The highest BCUT2D eigenvalue weighted by Crippen LogP contribution is 2.39. The van der Waals surface area contributed by atoms with Gasteiger partial charge in [0.1, 0.15) is 0 Å². The highest BCUT2D eigenvalue weighted by molar-refractivity contribution is 6.36. The predicted octanol–water partition coefficient (Wildman–Crippen LogP) is 6.99. The van der Waals surface area contributed by atoms with Gasteiger partial charge in [0.25, 0.3) is 0 Å². The summed E-state index contributed by atoms with van der Waals surface area (Å²) in [5, 5.41) is 5.88. The van der Waals surface area contributed by atoms with Crippen LogP contribution in [0.1, 0.15) is 45.2 Å². The Morgan fingerprint density at radius 3 is 2.30 bits per heavy atom. The van der Waals surface area contributed by atoms with Gasteiger partial charge in [0.05, 0.1) is 16.8 Å². The fourth-order valence-electron chi connectivity index (χ4n) is 3.60. The second kappa shape index (κ2) is 8.61. The Morgan fingerprint density at radius 2 is 1.67 bits per heavy atom. The van der Waals surface area contributed by atoms with Crippen molar-refractivity contribution in [3.63, 3.8) is 0 Å². The minimum atomic E-state index is 0.243. The number of nitrogens with one attached hydrogen (secondary N) is 1. The first kappa shape index (κ1) is 20.8. The molecule has 0 amide bonds. The first-order chi connectivity index (χ1) is 12.7. The lowest BCUT2D eigenvalue weighted by Crippen LogP contribution is -2.46. The molecule has 0 spiro atoms. The van der Waals surface area contributed by atoms with Crippen molar-refractivity contribution in [3.8, 4) is 0 Å². The van der Waals surface area contributed by atoms with Gasteiger partial charge in [-0.1, -0.05) is 67.7 Å². The van der Waals surface area contributed by atoms with Crippen LogP contribution in [-0.2, 0) is 0 Å². The maximum absolute atomic E-state index is 6.54. The standard InChI is InChI=1S/C22H27Cl3N2/c1-22(2,3)14-26-18-10-11-27(20-9-8-17(24)12-19(20)25)21(13-18)15-4-6-16(23)7-5-15/h4-9,12,18,21,26H,10-11,13-14H2,1-3H3. The van der Waals surface area contributed by atoms with Crippen molar-refractivity contribution >= 4 is 40.5 Å². The third kappa shape index (κ3) is 5.54. The Labute approximate surface area is 177 Å². The molecule has 27 heavy (non-hydrogen) atoms. The molecule has 1 aliphatic rings. The third-order valence-electron chi connectivity index (χ3n) is 5.00. The average molecular weight is 426 g/mol. The summed E-state index contributed by atoms with van der Waals surface area (Å²) in [6, 6.07) is 14.6. The molecule has 5 heteroatoms. The maximum Gasteiger partial charge on any atom is 0.0654 e. The fourth-order valence-corrected chi connectivity index (χ4v) is 4.25. The van der Waals surface area contributed by atoms with Crippen LogP contribution >= 0.6 is 34.8 Å². The molecule has 0 aliphatic carbocycles. The summed E-state index contributed by atoms with van der Waals surface area (Å²) in [5.74, 6) is 0. The van der Waals surface area contributed by atoms with Gasteiger partial charge in [0.15, 0.2) is 0 Å². The van der Waals surface area contributed by atoms with Crippen molar-refractivity contribution in [2.45, 2.75) is 45.7 Å². The number of piperidine rings is 1. The number of nitrogens with zero attached hydrogens (tertiary/aromatic N) is 1. The van der Waals surface area contributed by atoms with Crippen LogP contribution in [-0.4, -0.2) is 19.1 Å². The Balaban J connectivity index is 1.87.